The van der Waals surface area contributed by atoms with Crippen LogP contribution in [0.3, 0.4) is 0 Å². The molecule has 1 saturated heterocycles. The van der Waals surface area contributed by atoms with Gasteiger partial charge < -0.3 is 20.9 Å². The lowest BCUT2D eigenvalue weighted by atomic mass is 9.96. The molecule has 0 aliphatic carbocycles. The molecule has 0 saturated carbocycles. The van der Waals surface area contributed by atoms with Gasteiger partial charge in [-0.15, -0.1) is 0 Å². The minimum Gasteiger partial charge on any atom is -0.396 e. The summed E-state index contributed by atoms with van der Waals surface area (Å²) < 4.78 is 43.0. The van der Waals surface area contributed by atoms with Gasteiger partial charge in [0.1, 0.15) is 11.3 Å². The van der Waals surface area contributed by atoms with Gasteiger partial charge in [-0.1, -0.05) is 0 Å². The predicted molar refractivity (Wildman–Crippen MR) is 67.1 cm³/mol. The van der Waals surface area contributed by atoms with Gasteiger partial charge in [0.15, 0.2) is 0 Å². The molecule has 1 aromatic heterocycles. The Balaban J connectivity index is 2.13. The van der Waals surface area contributed by atoms with Crippen LogP contribution < -0.4 is 11.1 Å². The van der Waals surface area contributed by atoms with Crippen LogP contribution in [0.4, 0.5) is 24.5 Å². The molecule has 0 spiro atoms. The number of hydrogen-bond acceptors (Lipinski definition) is 5. The number of ether oxygens (including phenoxy) is 1. The number of nitrogens with two attached hydrogens (primary N) is 1. The van der Waals surface area contributed by atoms with Crippen LogP contribution in [0.15, 0.2) is 12.3 Å². The van der Waals surface area contributed by atoms with Crippen LogP contribution in [-0.2, 0) is 10.9 Å². The van der Waals surface area contributed by atoms with Gasteiger partial charge in [-0.3, -0.25) is 0 Å². The number of aliphatic hydroxyl groups is 1. The van der Waals surface area contributed by atoms with Crippen LogP contribution in [-0.4, -0.2) is 34.9 Å². The van der Waals surface area contributed by atoms with E-state index < -0.39 is 17.5 Å². The van der Waals surface area contributed by atoms with Gasteiger partial charge in [0.2, 0.25) is 0 Å². The summed E-state index contributed by atoms with van der Waals surface area (Å²) in [6.45, 7) is 2.18. The third-order valence-corrected chi connectivity index (χ3v) is 3.47. The average molecular weight is 291 g/mol. The zero-order chi connectivity index (χ0) is 15.0. The second-order valence-electron chi connectivity index (χ2n) is 4.87. The maximum Gasteiger partial charge on any atom is 0.433 e. The largest absolute Gasteiger partial charge is 0.433 e. The van der Waals surface area contributed by atoms with E-state index in [1.807, 2.05) is 0 Å². The third-order valence-electron chi connectivity index (χ3n) is 3.47. The number of rotatable bonds is 3. The number of aromatic nitrogens is 1. The molecule has 0 radical (unpaired) electrons. The van der Waals surface area contributed by atoms with Crippen molar-refractivity contribution in [1.29, 1.82) is 0 Å². The molecule has 2 rings (SSSR count). The number of halogens is 3. The molecule has 5 nitrogen and oxygen atoms in total. The minimum absolute atomic E-state index is 0.0552. The second kappa shape index (κ2) is 5.10. The molecular weight excluding hydrogens is 275 g/mol. The van der Waals surface area contributed by atoms with Gasteiger partial charge in [-0.05, 0) is 13.0 Å². The summed E-state index contributed by atoms with van der Waals surface area (Å²) in [5.41, 5.74) is 3.63. The minimum atomic E-state index is -4.54. The number of pyridine rings is 1. The van der Waals surface area contributed by atoms with Gasteiger partial charge in [-0.25, -0.2) is 4.98 Å². The molecule has 2 heterocycles. The topological polar surface area (TPSA) is 80.4 Å². The fraction of sp³-hybridized carbons (Fsp3) is 0.583. The van der Waals surface area contributed by atoms with Crippen LogP contribution >= 0.6 is 0 Å². The molecule has 0 aromatic carbocycles. The fourth-order valence-corrected chi connectivity index (χ4v) is 2.03. The van der Waals surface area contributed by atoms with Gasteiger partial charge in [0, 0.05) is 19.6 Å². The third kappa shape index (κ3) is 2.96. The molecule has 20 heavy (non-hydrogen) atoms. The van der Waals surface area contributed by atoms with E-state index >= 15 is 0 Å². The summed E-state index contributed by atoms with van der Waals surface area (Å²) in [6, 6.07) is 0.833. The number of nitrogens with one attached hydrogen (secondary N) is 1. The van der Waals surface area contributed by atoms with Crippen LogP contribution in [0, 0.1) is 0 Å². The van der Waals surface area contributed by atoms with E-state index in [-0.39, 0.29) is 24.0 Å². The number of nitrogens with zero attached hydrogens (tertiary/aromatic N) is 1. The first-order chi connectivity index (χ1) is 9.22. The summed E-state index contributed by atoms with van der Waals surface area (Å²) in [6.07, 6.45) is -3.56. The monoisotopic (exact) mass is 291 g/mol. The van der Waals surface area contributed by atoms with Crippen LogP contribution in [0.25, 0.3) is 0 Å². The normalized spacial score (nSPS) is 26.8. The molecule has 0 amide bonds. The summed E-state index contributed by atoms with van der Waals surface area (Å²) in [7, 11) is 0. The Bertz CT molecular complexity index is 495. The number of nitrogen functional groups attached to an aromatic ring is 1. The van der Waals surface area contributed by atoms with Crippen LogP contribution in [0.5, 0.6) is 0 Å². The lowest BCUT2D eigenvalue weighted by Gasteiger charge is -2.27. The predicted octanol–water partition coefficient (Wildman–Crippen LogP) is 1.63. The molecule has 1 aromatic rings. The van der Waals surface area contributed by atoms with Crippen LogP contribution in [0.2, 0.25) is 0 Å². The van der Waals surface area contributed by atoms with Crippen molar-refractivity contribution in [3.8, 4) is 0 Å². The molecule has 1 aliphatic heterocycles. The van der Waals surface area contributed by atoms with Crippen molar-refractivity contribution in [3.05, 3.63) is 18.0 Å². The van der Waals surface area contributed by atoms with Crippen molar-refractivity contribution < 1.29 is 23.0 Å². The lowest BCUT2D eigenvalue weighted by Crippen LogP contribution is -2.43. The maximum absolute atomic E-state index is 12.6. The first kappa shape index (κ1) is 14.9. The van der Waals surface area contributed by atoms with E-state index in [0.29, 0.717) is 13.0 Å². The standard InChI is InChI=1S/C12H16F3N3O2/c1-7-11(19,2-3-20-7)6-18-9-4-10(12(13,14)15)17-5-8(9)16/h4-5,7,19H,2-3,6,16H2,1H3,(H,17,18). The van der Waals surface area contributed by atoms with Gasteiger partial charge in [0.05, 0.1) is 23.7 Å². The summed E-state index contributed by atoms with van der Waals surface area (Å²) in [4.78, 5) is 3.25. The zero-order valence-corrected chi connectivity index (χ0v) is 10.9. The Morgan fingerprint density at radius 2 is 2.30 bits per heavy atom. The first-order valence-corrected chi connectivity index (χ1v) is 6.13. The van der Waals surface area contributed by atoms with Crippen LogP contribution in [0.1, 0.15) is 19.0 Å². The quantitative estimate of drug-likeness (QED) is 0.789. The lowest BCUT2D eigenvalue weighted by molar-refractivity contribution is -0.141. The second-order valence-corrected chi connectivity index (χ2v) is 4.87. The number of anilines is 2. The Hall–Kier alpha value is -1.54. The molecule has 2 unspecified atom stereocenters. The van der Waals surface area contributed by atoms with E-state index in [1.54, 1.807) is 6.92 Å². The maximum atomic E-state index is 12.6. The molecule has 2 atom stereocenters. The Morgan fingerprint density at radius 3 is 2.85 bits per heavy atom. The molecule has 1 aliphatic rings. The van der Waals surface area contributed by atoms with Crippen molar-refractivity contribution in [2.45, 2.75) is 31.2 Å². The van der Waals surface area contributed by atoms with Crippen molar-refractivity contribution >= 4 is 11.4 Å². The van der Waals surface area contributed by atoms with Gasteiger partial charge >= 0.3 is 6.18 Å². The van der Waals surface area contributed by atoms with Crippen molar-refractivity contribution in [2.24, 2.45) is 0 Å². The van der Waals surface area contributed by atoms with Gasteiger partial charge in [-0.2, -0.15) is 13.2 Å². The van der Waals surface area contributed by atoms with E-state index in [1.165, 1.54) is 0 Å². The van der Waals surface area contributed by atoms with Crippen molar-refractivity contribution in [3.63, 3.8) is 0 Å². The molecule has 112 valence electrons. The molecule has 4 N–H and O–H groups in total. The number of alkyl halides is 3. The molecule has 1 fully saturated rings. The summed E-state index contributed by atoms with van der Waals surface area (Å²) in [5, 5.41) is 13.0. The van der Waals surface area contributed by atoms with E-state index in [0.717, 1.165) is 12.3 Å². The van der Waals surface area contributed by atoms with Gasteiger partial charge in [0.25, 0.3) is 0 Å². The Kier molecular flexibility index (Phi) is 3.79. The average Bonchev–Trinajstić information content (AvgIpc) is 2.68. The van der Waals surface area contributed by atoms with E-state index in [4.69, 9.17) is 10.5 Å². The smallest absolute Gasteiger partial charge is 0.396 e. The molecular formula is C12H16F3N3O2. The zero-order valence-electron chi connectivity index (χ0n) is 10.9. The first-order valence-electron chi connectivity index (χ1n) is 6.13. The highest BCUT2D eigenvalue weighted by Gasteiger charge is 2.39. The number of hydrogen-bond donors (Lipinski definition) is 3. The summed E-state index contributed by atoms with van der Waals surface area (Å²) in [5.74, 6) is 0. The highest BCUT2D eigenvalue weighted by Crippen LogP contribution is 2.32. The highest BCUT2D eigenvalue weighted by molar-refractivity contribution is 5.65. The molecule has 0 bridgehead atoms. The Morgan fingerprint density at radius 1 is 1.60 bits per heavy atom. The Labute approximate surface area is 113 Å². The summed E-state index contributed by atoms with van der Waals surface area (Å²) >= 11 is 0. The highest BCUT2D eigenvalue weighted by atomic mass is 19.4. The van der Waals surface area contributed by atoms with Crippen molar-refractivity contribution in [1.82, 2.24) is 4.98 Å². The van der Waals surface area contributed by atoms with E-state index in [2.05, 4.69) is 10.3 Å². The van der Waals surface area contributed by atoms with E-state index in [9.17, 15) is 18.3 Å². The molecule has 8 heteroatoms. The SMILES string of the molecule is CC1OCCC1(O)CNc1cc(C(F)(F)F)ncc1N. The van der Waals surface area contributed by atoms with Crippen molar-refractivity contribution in [2.75, 3.05) is 24.2 Å². The fourth-order valence-electron chi connectivity index (χ4n) is 2.03.